The van der Waals surface area contributed by atoms with Crippen molar-refractivity contribution in [1.29, 1.82) is 0 Å². The van der Waals surface area contributed by atoms with Crippen molar-refractivity contribution in [3.05, 3.63) is 111 Å². The molecule has 0 spiro atoms. The summed E-state index contributed by atoms with van der Waals surface area (Å²) in [5.41, 5.74) is 6.05. The van der Waals surface area contributed by atoms with E-state index in [0.717, 1.165) is 58.5 Å². The average molecular weight is 713 g/mol. The minimum Gasteiger partial charge on any atom is -0.320 e. The Labute approximate surface area is 259 Å². The number of hydrogen-bond acceptors (Lipinski definition) is 5. The summed E-state index contributed by atoms with van der Waals surface area (Å²) in [6, 6.07) is 26.6. The predicted molar refractivity (Wildman–Crippen MR) is 173 cm³/mol. The number of halogens is 2. The quantitative estimate of drug-likeness (QED) is 0.140. The lowest BCUT2D eigenvalue weighted by atomic mass is 9.96. The van der Waals surface area contributed by atoms with E-state index in [1.807, 2.05) is 60.1 Å². The zero-order chi connectivity index (χ0) is 28.7. The molecule has 1 N–H and O–H groups in total. The SMILES string of the molecule is Cn1c(C2=C/C(=C\c3sc4ccccc4[n+]3CCCS(=O)(=O)O)c3ccccc3N2c2ccccc2)nc(Br)c1Br. The molecule has 3 heterocycles. The summed E-state index contributed by atoms with van der Waals surface area (Å²) in [5.74, 6) is 0.493. The number of aryl methyl sites for hydroxylation is 1. The third-order valence-electron chi connectivity index (χ3n) is 6.92. The number of allylic oxidation sites excluding steroid dienone is 2. The van der Waals surface area contributed by atoms with Gasteiger partial charge in [0, 0.05) is 36.9 Å². The van der Waals surface area contributed by atoms with Gasteiger partial charge < -0.3 is 9.47 Å². The zero-order valence-electron chi connectivity index (χ0n) is 21.9. The van der Waals surface area contributed by atoms with E-state index >= 15 is 0 Å². The molecule has 0 atom stereocenters. The Hall–Kier alpha value is -3.09. The van der Waals surface area contributed by atoms with Gasteiger partial charge in [-0.25, -0.2) is 4.98 Å². The monoisotopic (exact) mass is 711 g/mol. The molecule has 0 amide bonds. The minimum atomic E-state index is -4.04. The molecule has 0 unspecified atom stereocenters. The molecule has 0 saturated heterocycles. The normalized spacial score (nSPS) is 14.5. The number of anilines is 2. The second-order valence-electron chi connectivity index (χ2n) is 9.59. The molecular formula is C30H25Br2N4O3S2+. The fourth-order valence-electron chi connectivity index (χ4n) is 5.07. The van der Waals surface area contributed by atoms with E-state index in [2.05, 4.69) is 83.8 Å². The maximum atomic E-state index is 11.4. The van der Waals surface area contributed by atoms with Gasteiger partial charge in [0.15, 0.2) is 12.4 Å². The molecule has 208 valence electrons. The molecule has 1 aliphatic heterocycles. The molecule has 0 fully saturated rings. The Morgan fingerprint density at radius 2 is 1.71 bits per heavy atom. The Morgan fingerprint density at radius 3 is 2.44 bits per heavy atom. The van der Waals surface area contributed by atoms with E-state index in [1.165, 1.54) is 0 Å². The highest BCUT2D eigenvalue weighted by atomic mass is 79.9. The summed E-state index contributed by atoms with van der Waals surface area (Å²) in [6.07, 6.45) is 4.62. The topological polar surface area (TPSA) is 79.3 Å². The number of rotatable bonds is 7. The first kappa shape index (κ1) is 28.0. The van der Waals surface area contributed by atoms with Crippen LogP contribution in [0.1, 0.15) is 22.8 Å². The molecule has 0 aliphatic carbocycles. The average Bonchev–Trinajstić information content (AvgIpc) is 3.44. The molecule has 41 heavy (non-hydrogen) atoms. The van der Waals surface area contributed by atoms with Crippen LogP contribution in [0, 0.1) is 0 Å². The van der Waals surface area contributed by atoms with E-state index in [-0.39, 0.29) is 5.75 Å². The smallest absolute Gasteiger partial charge is 0.265 e. The van der Waals surface area contributed by atoms with Crippen LogP contribution in [0.3, 0.4) is 0 Å². The lowest BCUT2D eigenvalue weighted by Gasteiger charge is -2.33. The van der Waals surface area contributed by atoms with E-state index < -0.39 is 10.1 Å². The number of aromatic nitrogens is 3. The summed E-state index contributed by atoms with van der Waals surface area (Å²) in [6.45, 7) is 0.455. The molecule has 11 heteroatoms. The Bertz CT molecular complexity index is 1950. The van der Waals surface area contributed by atoms with Crippen molar-refractivity contribution in [1.82, 2.24) is 9.55 Å². The Balaban J connectivity index is 1.57. The van der Waals surface area contributed by atoms with E-state index in [4.69, 9.17) is 4.98 Å². The van der Waals surface area contributed by atoms with Gasteiger partial charge >= 0.3 is 0 Å². The zero-order valence-corrected chi connectivity index (χ0v) is 26.7. The van der Waals surface area contributed by atoms with Crippen LogP contribution in [0.4, 0.5) is 11.4 Å². The van der Waals surface area contributed by atoms with Gasteiger partial charge in [0.1, 0.15) is 13.9 Å². The number of fused-ring (bicyclic) bond motifs is 2. The van der Waals surface area contributed by atoms with Gasteiger partial charge in [-0.3, -0.25) is 4.55 Å². The number of hydrogen-bond donors (Lipinski definition) is 1. The van der Waals surface area contributed by atoms with Gasteiger partial charge in [-0.05, 0) is 67.8 Å². The van der Waals surface area contributed by atoms with E-state index in [0.29, 0.717) is 13.0 Å². The van der Waals surface area contributed by atoms with Crippen LogP contribution in [-0.4, -0.2) is 28.3 Å². The first-order valence-corrected chi connectivity index (χ1v) is 16.8. The predicted octanol–water partition coefficient (Wildman–Crippen LogP) is 7.46. The summed E-state index contributed by atoms with van der Waals surface area (Å²) in [5, 5.41) is 0.984. The molecular weight excluding hydrogens is 688 g/mol. The number of benzene rings is 3. The van der Waals surface area contributed by atoms with Gasteiger partial charge in [0.05, 0.1) is 17.1 Å². The van der Waals surface area contributed by atoms with E-state index in [9.17, 15) is 13.0 Å². The highest BCUT2D eigenvalue weighted by Crippen LogP contribution is 2.45. The molecule has 0 bridgehead atoms. The maximum absolute atomic E-state index is 11.4. The van der Waals surface area contributed by atoms with Crippen LogP contribution >= 0.6 is 43.2 Å². The lowest BCUT2D eigenvalue weighted by Crippen LogP contribution is -2.36. The van der Waals surface area contributed by atoms with Crippen LogP contribution in [0.25, 0.3) is 27.6 Å². The van der Waals surface area contributed by atoms with Gasteiger partial charge in [-0.15, -0.1) is 0 Å². The molecule has 0 saturated carbocycles. The number of para-hydroxylation sites is 3. The highest BCUT2D eigenvalue weighted by molar-refractivity contribution is 9.13. The number of nitrogens with zero attached hydrogens (tertiary/aromatic N) is 4. The van der Waals surface area contributed by atoms with Crippen molar-refractivity contribution in [2.75, 3.05) is 10.7 Å². The maximum Gasteiger partial charge on any atom is 0.265 e. The van der Waals surface area contributed by atoms with Gasteiger partial charge in [0.2, 0.25) is 5.52 Å². The largest absolute Gasteiger partial charge is 0.320 e. The molecule has 5 aromatic rings. The number of thiazole rings is 1. The van der Waals surface area contributed by atoms with Crippen LogP contribution < -0.4 is 9.47 Å². The Kier molecular flexibility index (Phi) is 7.73. The van der Waals surface area contributed by atoms with Crippen molar-refractivity contribution in [2.24, 2.45) is 7.05 Å². The molecule has 1 aliphatic rings. The minimum absolute atomic E-state index is 0.290. The summed E-state index contributed by atoms with van der Waals surface area (Å²) in [4.78, 5) is 7.07. The van der Waals surface area contributed by atoms with Crippen molar-refractivity contribution in [3.8, 4) is 0 Å². The first-order valence-electron chi connectivity index (χ1n) is 12.8. The van der Waals surface area contributed by atoms with Crippen molar-refractivity contribution >= 4 is 92.3 Å². The third kappa shape index (κ3) is 5.56. The van der Waals surface area contributed by atoms with Crippen molar-refractivity contribution in [3.63, 3.8) is 0 Å². The second kappa shape index (κ2) is 11.3. The summed E-state index contributed by atoms with van der Waals surface area (Å²) >= 11 is 8.87. The van der Waals surface area contributed by atoms with Crippen molar-refractivity contribution < 1.29 is 17.5 Å². The van der Waals surface area contributed by atoms with Crippen LogP contribution in [0.5, 0.6) is 0 Å². The van der Waals surface area contributed by atoms with Gasteiger partial charge in [-0.1, -0.05) is 59.9 Å². The first-order chi connectivity index (χ1) is 19.7. The van der Waals surface area contributed by atoms with Crippen LogP contribution in [0.2, 0.25) is 0 Å². The summed E-state index contributed by atoms with van der Waals surface area (Å²) in [7, 11) is -2.07. The Morgan fingerprint density at radius 1 is 1.00 bits per heavy atom. The molecule has 7 nitrogen and oxygen atoms in total. The second-order valence-corrected chi connectivity index (χ2v) is 13.7. The number of imidazole rings is 1. The molecule has 6 rings (SSSR count). The molecule has 2 aromatic heterocycles. The fourth-order valence-corrected chi connectivity index (χ4v) is 7.40. The van der Waals surface area contributed by atoms with Gasteiger partial charge in [-0.2, -0.15) is 13.0 Å². The molecule has 3 aromatic carbocycles. The standard InChI is InChI=1S/C30H24Br2N4O3S2/c1-34-29(32)28(31)33-30(34)25-18-20(22-12-5-6-13-23(22)36(25)21-10-3-2-4-11-21)19-27-35(16-9-17-41(37,38)39)24-14-7-8-15-26(24)40-27/h2-8,10-15,18-19H,9,16-17H2,1H3/p+1. The fraction of sp³-hybridized carbons (Fsp3) is 0.133. The lowest BCUT2D eigenvalue weighted by molar-refractivity contribution is -0.668. The highest BCUT2D eigenvalue weighted by Gasteiger charge is 2.30. The van der Waals surface area contributed by atoms with Gasteiger partial charge in [0.25, 0.3) is 15.1 Å². The van der Waals surface area contributed by atoms with Crippen LogP contribution in [-0.2, 0) is 23.7 Å². The molecule has 0 radical (unpaired) electrons. The van der Waals surface area contributed by atoms with Crippen LogP contribution in [0.15, 0.2) is 94.1 Å². The van der Waals surface area contributed by atoms with E-state index in [1.54, 1.807) is 11.3 Å². The van der Waals surface area contributed by atoms with Crippen molar-refractivity contribution in [2.45, 2.75) is 13.0 Å². The summed E-state index contributed by atoms with van der Waals surface area (Å²) < 4.78 is 39.0. The third-order valence-corrected chi connectivity index (χ3v) is 10.8.